The van der Waals surface area contributed by atoms with Crippen molar-refractivity contribution in [1.82, 2.24) is 4.72 Å². The number of carbonyl (C=O) groups excluding carboxylic acids is 1. The lowest BCUT2D eigenvalue weighted by atomic mass is 10.2. The highest BCUT2D eigenvalue weighted by Gasteiger charge is 2.18. The van der Waals surface area contributed by atoms with E-state index in [1.54, 1.807) is 11.0 Å². The molecular weight excluding hydrogens is 344 g/mol. The molecule has 0 fully saturated rings. The van der Waals surface area contributed by atoms with Crippen molar-refractivity contribution in [1.29, 1.82) is 0 Å². The molecule has 1 aromatic carbocycles. The largest absolute Gasteiger partial charge is 0.311 e. The van der Waals surface area contributed by atoms with E-state index in [1.165, 1.54) is 18.3 Å². The van der Waals surface area contributed by atoms with Gasteiger partial charge in [0.1, 0.15) is 4.21 Å². The highest BCUT2D eigenvalue weighted by Crippen LogP contribution is 2.21. The zero-order valence-corrected chi connectivity index (χ0v) is 15.7. The van der Waals surface area contributed by atoms with Gasteiger partial charge in [0.2, 0.25) is 15.9 Å². The molecular formula is C17H22N2O3S2. The Labute approximate surface area is 147 Å². The Balaban J connectivity index is 2.03. The van der Waals surface area contributed by atoms with Gasteiger partial charge in [0.05, 0.1) is 0 Å². The van der Waals surface area contributed by atoms with Gasteiger partial charge in [-0.25, -0.2) is 13.1 Å². The molecule has 0 saturated carbocycles. The molecule has 24 heavy (non-hydrogen) atoms. The second-order valence-electron chi connectivity index (χ2n) is 5.48. The lowest BCUT2D eigenvalue weighted by molar-refractivity contribution is -0.116. The van der Waals surface area contributed by atoms with Crippen LogP contribution >= 0.6 is 11.3 Å². The minimum Gasteiger partial charge on any atom is -0.311 e. The number of carbonyl (C=O) groups is 1. The maximum Gasteiger partial charge on any atom is 0.250 e. The smallest absolute Gasteiger partial charge is 0.250 e. The molecule has 1 N–H and O–H groups in total. The molecule has 0 radical (unpaired) electrons. The Hall–Kier alpha value is -1.70. The standard InChI is InChI=1S/C17H22N2O3S2/c1-4-16-8-9-17(23-16)24(21,22)18-10-11-19(14(3)20)15-7-5-6-13(2)12-15/h5-9,12,18H,4,10-11H2,1-3H3. The second kappa shape index (κ2) is 7.92. The van der Waals surface area contributed by atoms with E-state index in [0.29, 0.717) is 4.21 Å². The van der Waals surface area contributed by atoms with Crippen LogP contribution in [0.15, 0.2) is 40.6 Å². The average Bonchev–Trinajstić information content (AvgIpc) is 3.01. The van der Waals surface area contributed by atoms with Crippen LogP contribution in [0.1, 0.15) is 24.3 Å². The van der Waals surface area contributed by atoms with Gasteiger partial charge in [0.25, 0.3) is 0 Å². The van der Waals surface area contributed by atoms with Crippen molar-refractivity contribution in [2.45, 2.75) is 31.4 Å². The molecule has 0 aliphatic heterocycles. The third-order valence-electron chi connectivity index (χ3n) is 3.57. The summed E-state index contributed by atoms with van der Waals surface area (Å²) in [7, 11) is -3.53. The molecule has 0 atom stereocenters. The lowest BCUT2D eigenvalue weighted by Crippen LogP contribution is -2.37. The quantitative estimate of drug-likeness (QED) is 0.819. The SMILES string of the molecule is CCc1ccc(S(=O)(=O)NCCN(C(C)=O)c2cccc(C)c2)s1. The molecule has 1 aromatic heterocycles. The number of thiophene rings is 1. The summed E-state index contributed by atoms with van der Waals surface area (Å²) >= 11 is 1.27. The van der Waals surface area contributed by atoms with Gasteiger partial charge >= 0.3 is 0 Å². The van der Waals surface area contributed by atoms with Crippen molar-refractivity contribution in [3.63, 3.8) is 0 Å². The predicted octanol–water partition coefficient (Wildman–Crippen LogP) is 2.95. The summed E-state index contributed by atoms with van der Waals surface area (Å²) in [6.45, 7) is 5.86. The monoisotopic (exact) mass is 366 g/mol. The normalized spacial score (nSPS) is 11.5. The first kappa shape index (κ1) is 18.6. The number of sulfonamides is 1. The van der Waals surface area contributed by atoms with Crippen LogP contribution in [0.2, 0.25) is 0 Å². The molecule has 5 nitrogen and oxygen atoms in total. The average molecular weight is 367 g/mol. The summed E-state index contributed by atoms with van der Waals surface area (Å²) in [6, 6.07) is 11.0. The van der Waals surface area contributed by atoms with Crippen LogP contribution in [-0.4, -0.2) is 27.4 Å². The summed E-state index contributed by atoms with van der Waals surface area (Å²) in [4.78, 5) is 14.5. The van der Waals surface area contributed by atoms with Crippen molar-refractivity contribution < 1.29 is 13.2 Å². The molecule has 1 amide bonds. The maximum absolute atomic E-state index is 12.3. The van der Waals surface area contributed by atoms with Gasteiger partial charge in [-0.2, -0.15) is 0 Å². The van der Waals surface area contributed by atoms with E-state index in [1.807, 2.05) is 44.2 Å². The number of aryl methyl sites for hydroxylation is 2. The molecule has 7 heteroatoms. The molecule has 0 aliphatic rings. The fraction of sp³-hybridized carbons (Fsp3) is 0.353. The lowest BCUT2D eigenvalue weighted by Gasteiger charge is -2.21. The third-order valence-corrected chi connectivity index (χ3v) is 6.75. The summed E-state index contributed by atoms with van der Waals surface area (Å²) in [5.41, 5.74) is 1.82. The van der Waals surface area contributed by atoms with Gasteiger partial charge < -0.3 is 4.90 Å². The van der Waals surface area contributed by atoms with E-state index in [4.69, 9.17) is 0 Å². The van der Waals surface area contributed by atoms with Crippen LogP contribution in [0.3, 0.4) is 0 Å². The second-order valence-corrected chi connectivity index (χ2v) is 8.64. The zero-order valence-electron chi connectivity index (χ0n) is 14.1. The van der Waals surface area contributed by atoms with Crippen molar-refractivity contribution in [3.8, 4) is 0 Å². The van der Waals surface area contributed by atoms with Crippen LogP contribution in [-0.2, 0) is 21.2 Å². The molecule has 0 saturated heterocycles. The van der Waals surface area contributed by atoms with Crippen molar-refractivity contribution in [2.75, 3.05) is 18.0 Å². The molecule has 0 bridgehead atoms. The maximum atomic E-state index is 12.3. The van der Waals surface area contributed by atoms with Gasteiger partial charge in [0.15, 0.2) is 0 Å². The van der Waals surface area contributed by atoms with E-state index < -0.39 is 10.0 Å². The van der Waals surface area contributed by atoms with Crippen LogP contribution in [0.25, 0.3) is 0 Å². The Kier molecular flexibility index (Phi) is 6.15. The van der Waals surface area contributed by atoms with E-state index in [-0.39, 0.29) is 19.0 Å². The first-order valence-corrected chi connectivity index (χ1v) is 10.1. The Bertz CT molecular complexity index is 813. The fourth-order valence-electron chi connectivity index (χ4n) is 2.32. The first-order valence-electron chi connectivity index (χ1n) is 7.76. The fourth-order valence-corrected chi connectivity index (χ4v) is 4.68. The summed E-state index contributed by atoms with van der Waals surface area (Å²) < 4.78 is 27.5. The van der Waals surface area contributed by atoms with E-state index in [0.717, 1.165) is 22.5 Å². The van der Waals surface area contributed by atoms with Crippen LogP contribution in [0.5, 0.6) is 0 Å². The molecule has 0 unspecified atom stereocenters. The van der Waals surface area contributed by atoms with Gasteiger partial charge in [-0.05, 0) is 43.2 Å². The van der Waals surface area contributed by atoms with E-state index in [2.05, 4.69) is 4.72 Å². The number of hydrogen-bond donors (Lipinski definition) is 1. The number of nitrogens with one attached hydrogen (secondary N) is 1. The molecule has 2 rings (SSSR count). The van der Waals surface area contributed by atoms with Gasteiger partial charge in [0, 0.05) is 30.6 Å². The molecule has 0 spiro atoms. The minimum absolute atomic E-state index is 0.121. The van der Waals surface area contributed by atoms with Crippen molar-refractivity contribution in [2.24, 2.45) is 0 Å². The Morgan fingerprint density at radius 3 is 2.58 bits per heavy atom. The molecule has 2 aromatic rings. The molecule has 130 valence electrons. The number of anilines is 1. The van der Waals surface area contributed by atoms with Crippen LogP contribution in [0.4, 0.5) is 5.69 Å². The van der Waals surface area contributed by atoms with Crippen molar-refractivity contribution >= 4 is 33.0 Å². The summed E-state index contributed by atoms with van der Waals surface area (Å²) in [5.74, 6) is -0.121. The van der Waals surface area contributed by atoms with Crippen LogP contribution in [0, 0.1) is 6.92 Å². The van der Waals surface area contributed by atoms with Gasteiger partial charge in [-0.1, -0.05) is 19.1 Å². The minimum atomic E-state index is -3.53. The summed E-state index contributed by atoms with van der Waals surface area (Å²) in [5, 5.41) is 0. The molecule has 1 heterocycles. The third kappa shape index (κ3) is 4.66. The Morgan fingerprint density at radius 1 is 1.25 bits per heavy atom. The topological polar surface area (TPSA) is 66.5 Å². The zero-order chi connectivity index (χ0) is 17.7. The van der Waals surface area contributed by atoms with Gasteiger partial charge in [-0.15, -0.1) is 11.3 Å². The number of hydrogen-bond acceptors (Lipinski definition) is 4. The van der Waals surface area contributed by atoms with Crippen molar-refractivity contribution in [3.05, 3.63) is 46.8 Å². The number of rotatable bonds is 7. The highest BCUT2D eigenvalue weighted by molar-refractivity contribution is 7.91. The van der Waals surface area contributed by atoms with Crippen LogP contribution < -0.4 is 9.62 Å². The number of benzene rings is 1. The summed E-state index contributed by atoms with van der Waals surface area (Å²) in [6.07, 6.45) is 0.811. The Morgan fingerprint density at radius 2 is 2.00 bits per heavy atom. The van der Waals surface area contributed by atoms with E-state index in [9.17, 15) is 13.2 Å². The predicted molar refractivity (Wildman–Crippen MR) is 98.1 cm³/mol. The first-order chi connectivity index (χ1) is 11.3. The number of amides is 1. The van der Waals surface area contributed by atoms with Gasteiger partial charge in [-0.3, -0.25) is 4.79 Å². The number of nitrogens with zero attached hydrogens (tertiary/aromatic N) is 1. The van der Waals surface area contributed by atoms with E-state index >= 15 is 0 Å². The highest BCUT2D eigenvalue weighted by atomic mass is 32.2. The molecule has 0 aliphatic carbocycles.